The first-order valence-corrected chi connectivity index (χ1v) is 6.36. The van der Waals surface area contributed by atoms with Crippen molar-refractivity contribution < 1.29 is 4.74 Å². The van der Waals surface area contributed by atoms with Gasteiger partial charge in [0.2, 0.25) is 0 Å². The summed E-state index contributed by atoms with van der Waals surface area (Å²) in [6.07, 6.45) is 3.52. The first kappa shape index (κ1) is 11.7. The zero-order valence-electron chi connectivity index (χ0n) is 9.16. The summed E-state index contributed by atoms with van der Waals surface area (Å²) < 4.78 is 5.59. The van der Waals surface area contributed by atoms with Gasteiger partial charge >= 0.3 is 0 Å². The molecule has 0 fully saturated rings. The van der Waals surface area contributed by atoms with Gasteiger partial charge in [-0.05, 0) is 41.1 Å². The van der Waals surface area contributed by atoms with E-state index in [0.717, 1.165) is 26.1 Å². The Kier molecular flexibility index (Phi) is 5.88. The number of aryl methyl sites for hydroxylation is 1. The van der Waals surface area contributed by atoms with Crippen molar-refractivity contribution in [2.24, 2.45) is 5.92 Å². The first-order valence-electron chi connectivity index (χ1n) is 5.41. The maximum Gasteiger partial charge on any atom is 0.0491 e. The highest BCUT2D eigenvalue weighted by Gasteiger charge is 1.98. The minimum atomic E-state index is 0.705. The SMILES string of the molecule is CC[C@H](C)COCCCc1ccsc1. The van der Waals surface area contributed by atoms with E-state index in [1.165, 1.54) is 12.0 Å². The number of rotatable bonds is 7. The molecule has 0 aliphatic carbocycles. The molecule has 1 aromatic rings. The van der Waals surface area contributed by atoms with Gasteiger partial charge in [0, 0.05) is 13.2 Å². The Morgan fingerprint density at radius 1 is 1.50 bits per heavy atom. The highest BCUT2D eigenvalue weighted by molar-refractivity contribution is 7.07. The Bertz CT molecular complexity index is 218. The molecule has 0 unspecified atom stereocenters. The van der Waals surface area contributed by atoms with Gasteiger partial charge in [0.1, 0.15) is 0 Å². The van der Waals surface area contributed by atoms with Gasteiger partial charge in [-0.3, -0.25) is 0 Å². The number of hydrogen-bond acceptors (Lipinski definition) is 2. The fourth-order valence-corrected chi connectivity index (χ4v) is 1.92. The van der Waals surface area contributed by atoms with E-state index < -0.39 is 0 Å². The second-order valence-corrected chi connectivity index (χ2v) is 4.60. The molecule has 0 amide bonds. The van der Waals surface area contributed by atoms with Gasteiger partial charge in [0.15, 0.2) is 0 Å². The lowest BCUT2D eigenvalue weighted by Gasteiger charge is -2.08. The maximum absolute atomic E-state index is 5.59. The Labute approximate surface area is 91.1 Å². The van der Waals surface area contributed by atoms with E-state index in [1.807, 2.05) is 0 Å². The van der Waals surface area contributed by atoms with Crippen LogP contribution in [0.1, 0.15) is 32.3 Å². The van der Waals surface area contributed by atoms with Crippen LogP contribution in [0.4, 0.5) is 0 Å². The largest absolute Gasteiger partial charge is 0.381 e. The van der Waals surface area contributed by atoms with E-state index >= 15 is 0 Å². The van der Waals surface area contributed by atoms with Gasteiger partial charge in [-0.1, -0.05) is 20.3 Å². The van der Waals surface area contributed by atoms with Gasteiger partial charge in [0.25, 0.3) is 0 Å². The van der Waals surface area contributed by atoms with Crippen molar-refractivity contribution in [3.05, 3.63) is 22.4 Å². The van der Waals surface area contributed by atoms with Crippen LogP contribution in [0.2, 0.25) is 0 Å². The van der Waals surface area contributed by atoms with Crippen molar-refractivity contribution in [1.29, 1.82) is 0 Å². The highest BCUT2D eigenvalue weighted by atomic mass is 32.1. The third kappa shape index (κ3) is 4.77. The molecule has 0 aliphatic rings. The predicted molar refractivity (Wildman–Crippen MR) is 62.9 cm³/mol. The number of thiophene rings is 1. The maximum atomic E-state index is 5.59. The van der Waals surface area contributed by atoms with Crippen molar-refractivity contribution in [3.63, 3.8) is 0 Å². The zero-order valence-corrected chi connectivity index (χ0v) is 9.98. The summed E-state index contributed by atoms with van der Waals surface area (Å²) in [5.41, 5.74) is 1.45. The van der Waals surface area contributed by atoms with Crippen LogP contribution in [0.5, 0.6) is 0 Å². The van der Waals surface area contributed by atoms with E-state index in [9.17, 15) is 0 Å². The van der Waals surface area contributed by atoms with Gasteiger partial charge in [-0.2, -0.15) is 11.3 Å². The molecule has 0 aliphatic heterocycles. The normalized spacial score (nSPS) is 13.0. The lowest BCUT2D eigenvalue weighted by molar-refractivity contribution is 0.102. The number of hydrogen-bond donors (Lipinski definition) is 0. The third-order valence-corrected chi connectivity index (χ3v) is 3.17. The Morgan fingerprint density at radius 3 is 3.00 bits per heavy atom. The molecule has 14 heavy (non-hydrogen) atoms. The fraction of sp³-hybridized carbons (Fsp3) is 0.667. The van der Waals surface area contributed by atoms with Gasteiger partial charge in [-0.15, -0.1) is 0 Å². The minimum Gasteiger partial charge on any atom is -0.381 e. The molecule has 0 saturated heterocycles. The predicted octanol–water partition coefficient (Wildman–Crippen LogP) is 3.74. The van der Waals surface area contributed by atoms with E-state index in [-0.39, 0.29) is 0 Å². The summed E-state index contributed by atoms with van der Waals surface area (Å²) in [6.45, 7) is 6.26. The molecule has 1 atom stereocenters. The summed E-state index contributed by atoms with van der Waals surface area (Å²) in [4.78, 5) is 0. The van der Waals surface area contributed by atoms with Crippen LogP contribution in [0.25, 0.3) is 0 Å². The summed E-state index contributed by atoms with van der Waals surface area (Å²) in [5, 5.41) is 4.35. The van der Waals surface area contributed by atoms with E-state index in [2.05, 4.69) is 30.7 Å². The van der Waals surface area contributed by atoms with E-state index in [1.54, 1.807) is 11.3 Å². The van der Waals surface area contributed by atoms with Crippen molar-refractivity contribution in [3.8, 4) is 0 Å². The van der Waals surface area contributed by atoms with E-state index in [4.69, 9.17) is 4.74 Å². The van der Waals surface area contributed by atoms with Crippen molar-refractivity contribution in [2.75, 3.05) is 13.2 Å². The van der Waals surface area contributed by atoms with Crippen LogP contribution in [0.15, 0.2) is 16.8 Å². The first-order chi connectivity index (χ1) is 6.83. The van der Waals surface area contributed by atoms with Crippen LogP contribution in [0, 0.1) is 5.92 Å². The molecule has 2 heteroatoms. The average molecular weight is 212 g/mol. The van der Waals surface area contributed by atoms with E-state index in [0.29, 0.717) is 5.92 Å². The summed E-state index contributed by atoms with van der Waals surface area (Å²) in [5.74, 6) is 0.705. The smallest absolute Gasteiger partial charge is 0.0491 e. The molecule has 0 bridgehead atoms. The molecule has 1 nitrogen and oxygen atoms in total. The van der Waals surface area contributed by atoms with Crippen molar-refractivity contribution >= 4 is 11.3 Å². The third-order valence-electron chi connectivity index (χ3n) is 2.43. The van der Waals surface area contributed by atoms with Crippen LogP contribution in [0.3, 0.4) is 0 Å². The average Bonchev–Trinajstić information content (AvgIpc) is 2.69. The molecule has 0 saturated carbocycles. The number of ether oxygens (including phenoxy) is 1. The minimum absolute atomic E-state index is 0.705. The summed E-state index contributed by atoms with van der Waals surface area (Å²) >= 11 is 1.77. The lowest BCUT2D eigenvalue weighted by atomic mass is 10.1. The highest BCUT2D eigenvalue weighted by Crippen LogP contribution is 2.08. The molecular formula is C12H20OS. The molecule has 0 aromatic carbocycles. The van der Waals surface area contributed by atoms with Crippen molar-refractivity contribution in [2.45, 2.75) is 33.1 Å². The fourth-order valence-electron chi connectivity index (χ4n) is 1.22. The van der Waals surface area contributed by atoms with Gasteiger partial charge in [0.05, 0.1) is 0 Å². The second kappa shape index (κ2) is 7.02. The molecule has 80 valence electrons. The lowest BCUT2D eigenvalue weighted by Crippen LogP contribution is -2.06. The molecule has 1 aromatic heterocycles. The molecular weight excluding hydrogens is 192 g/mol. The standard InChI is InChI=1S/C12H20OS/c1-3-11(2)9-13-7-4-5-12-6-8-14-10-12/h6,8,10-11H,3-5,7,9H2,1-2H3/t11-/m0/s1. The van der Waals surface area contributed by atoms with Crippen LogP contribution in [-0.2, 0) is 11.2 Å². The van der Waals surface area contributed by atoms with Gasteiger partial charge in [-0.25, -0.2) is 0 Å². The topological polar surface area (TPSA) is 9.23 Å². The molecule has 0 spiro atoms. The molecule has 0 radical (unpaired) electrons. The monoisotopic (exact) mass is 212 g/mol. The van der Waals surface area contributed by atoms with Gasteiger partial charge < -0.3 is 4.74 Å². The second-order valence-electron chi connectivity index (χ2n) is 3.82. The summed E-state index contributed by atoms with van der Waals surface area (Å²) in [6, 6.07) is 2.19. The Hall–Kier alpha value is -0.340. The molecule has 0 N–H and O–H groups in total. The quantitative estimate of drug-likeness (QED) is 0.626. The molecule has 1 rings (SSSR count). The Balaban J connectivity index is 1.95. The molecule has 1 heterocycles. The van der Waals surface area contributed by atoms with Crippen molar-refractivity contribution in [1.82, 2.24) is 0 Å². The van der Waals surface area contributed by atoms with Crippen LogP contribution in [-0.4, -0.2) is 13.2 Å². The summed E-state index contributed by atoms with van der Waals surface area (Å²) in [7, 11) is 0. The van der Waals surface area contributed by atoms with Crippen LogP contribution >= 0.6 is 11.3 Å². The zero-order chi connectivity index (χ0) is 10.2. The Morgan fingerprint density at radius 2 is 2.36 bits per heavy atom. The van der Waals surface area contributed by atoms with Crippen LogP contribution < -0.4 is 0 Å².